The van der Waals surface area contributed by atoms with Crippen LogP contribution in [0, 0.1) is 11.8 Å². The molecule has 0 aliphatic heterocycles. The van der Waals surface area contributed by atoms with Gasteiger partial charge < -0.3 is 10.4 Å². The van der Waals surface area contributed by atoms with Gasteiger partial charge in [-0.3, -0.25) is 4.79 Å². The van der Waals surface area contributed by atoms with Crippen molar-refractivity contribution in [2.75, 3.05) is 6.54 Å². The molecule has 1 unspecified atom stereocenters. The predicted octanol–water partition coefficient (Wildman–Crippen LogP) is 3.88. The first-order chi connectivity index (χ1) is 9.56. The molecule has 0 bridgehead atoms. The number of carboxylic acid groups (broad SMARTS) is 1. The molecule has 3 nitrogen and oxygen atoms in total. The fourth-order valence-electron chi connectivity index (χ4n) is 2.83. The molecule has 110 valence electrons. The summed E-state index contributed by atoms with van der Waals surface area (Å²) in [5.41, 5.74) is 1.23. The molecule has 0 radical (unpaired) electrons. The molecule has 1 aromatic carbocycles. The van der Waals surface area contributed by atoms with E-state index in [1.165, 1.54) is 5.56 Å². The standard InChI is InChI=1S/C16H22ClNO2/c1-11(13-6-8-15(17)9-7-13)18-10-12-2-4-14(5-3-12)16(19)20/h6-9,11-12,14,18H,2-5,10H2,1H3,(H,19,20). The van der Waals surface area contributed by atoms with E-state index in [0.717, 1.165) is 37.3 Å². The topological polar surface area (TPSA) is 49.3 Å². The molecule has 0 saturated heterocycles. The minimum atomic E-state index is -0.633. The Kier molecular flexibility index (Phi) is 5.44. The van der Waals surface area contributed by atoms with E-state index in [-0.39, 0.29) is 5.92 Å². The molecule has 20 heavy (non-hydrogen) atoms. The lowest BCUT2D eigenvalue weighted by molar-refractivity contribution is -0.143. The molecule has 1 aliphatic rings. The SMILES string of the molecule is CC(NCC1CCC(C(=O)O)CC1)c1ccc(Cl)cc1. The highest BCUT2D eigenvalue weighted by atomic mass is 35.5. The van der Waals surface area contributed by atoms with Gasteiger partial charge in [-0.15, -0.1) is 0 Å². The average molecular weight is 296 g/mol. The van der Waals surface area contributed by atoms with Gasteiger partial charge in [0, 0.05) is 11.1 Å². The maximum atomic E-state index is 10.9. The number of carbonyl (C=O) groups is 1. The first-order valence-corrected chi connectivity index (χ1v) is 7.65. The van der Waals surface area contributed by atoms with Crippen LogP contribution in [0.4, 0.5) is 0 Å². The van der Waals surface area contributed by atoms with Crippen LogP contribution in [0.3, 0.4) is 0 Å². The Balaban J connectivity index is 1.75. The number of carboxylic acids is 1. The van der Waals surface area contributed by atoms with Gasteiger partial charge in [0.05, 0.1) is 5.92 Å². The van der Waals surface area contributed by atoms with E-state index in [9.17, 15) is 4.79 Å². The highest BCUT2D eigenvalue weighted by Crippen LogP contribution is 2.29. The molecular weight excluding hydrogens is 274 g/mol. The zero-order chi connectivity index (χ0) is 14.5. The Morgan fingerprint density at radius 3 is 2.45 bits per heavy atom. The summed E-state index contributed by atoms with van der Waals surface area (Å²) in [6, 6.07) is 8.20. The molecule has 2 N–H and O–H groups in total. The quantitative estimate of drug-likeness (QED) is 0.866. The van der Waals surface area contributed by atoms with Crippen LogP contribution in [-0.4, -0.2) is 17.6 Å². The smallest absolute Gasteiger partial charge is 0.306 e. The number of hydrogen-bond donors (Lipinski definition) is 2. The van der Waals surface area contributed by atoms with Crippen molar-refractivity contribution in [1.82, 2.24) is 5.32 Å². The first kappa shape index (κ1) is 15.3. The number of rotatable bonds is 5. The summed E-state index contributed by atoms with van der Waals surface area (Å²) in [6.07, 6.45) is 3.66. The van der Waals surface area contributed by atoms with E-state index in [0.29, 0.717) is 12.0 Å². The van der Waals surface area contributed by atoms with E-state index in [1.54, 1.807) is 0 Å². The summed E-state index contributed by atoms with van der Waals surface area (Å²) in [5.74, 6) is -0.161. The summed E-state index contributed by atoms with van der Waals surface area (Å²) < 4.78 is 0. The molecule has 0 heterocycles. The van der Waals surface area contributed by atoms with Crippen molar-refractivity contribution in [2.24, 2.45) is 11.8 Å². The van der Waals surface area contributed by atoms with Crippen LogP contribution < -0.4 is 5.32 Å². The van der Waals surface area contributed by atoms with Crippen LogP contribution in [0.1, 0.15) is 44.2 Å². The van der Waals surface area contributed by atoms with Crippen LogP contribution in [0.2, 0.25) is 5.02 Å². The van der Waals surface area contributed by atoms with E-state index < -0.39 is 5.97 Å². The van der Waals surface area contributed by atoms with Crippen molar-refractivity contribution in [3.05, 3.63) is 34.9 Å². The molecule has 0 aromatic heterocycles. The molecule has 1 aromatic rings. The average Bonchev–Trinajstić information content (AvgIpc) is 2.46. The van der Waals surface area contributed by atoms with E-state index >= 15 is 0 Å². The third-order valence-electron chi connectivity index (χ3n) is 4.28. The van der Waals surface area contributed by atoms with Gasteiger partial charge in [-0.25, -0.2) is 0 Å². The van der Waals surface area contributed by atoms with Gasteiger partial charge in [-0.2, -0.15) is 0 Å². The number of halogens is 1. The Morgan fingerprint density at radius 1 is 1.30 bits per heavy atom. The molecule has 0 spiro atoms. The number of nitrogens with one attached hydrogen (secondary N) is 1. The molecule has 1 fully saturated rings. The van der Waals surface area contributed by atoms with Gasteiger partial charge in [0.15, 0.2) is 0 Å². The van der Waals surface area contributed by atoms with Crippen LogP contribution in [0.25, 0.3) is 0 Å². The lowest BCUT2D eigenvalue weighted by Gasteiger charge is -2.27. The second-order valence-electron chi connectivity index (χ2n) is 5.74. The fraction of sp³-hybridized carbons (Fsp3) is 0.562. The van der Waals surface area contributed by atoms with Gasteiger partial charge in [0.1, 0.15) is 0 Å². The number of aliphatic carboxylic acids is 1. The second-order valence-corrected chi connectivity index (χ2v) is 6.17. The highest BCUT2D eigenvalue weighted by molar-refractivity contribution is 6.30. The highest BCUT2D eigenvalue weighted by Gasteiger charge is 2.25. The number of benzene rings is 1. The minimum absolute atomic E-state index is 0.125. The van der Waals surface area contributed by atoms with Gasteiger partial charge in [-0.1, -0.05) is 23.7 Å². The molecule has 1 aliphatic carbocycles. The van der Waals surface area contributed by atoms with Crippen molar-refractivity contribution >= 4 is 17.6 Å². The van der Waals surface area contributed by atoms with E-state index in [1.807, 2.05) is 24.3 Å². The third-order valence-corrected chi connectivity index (χ3v) is 4.53. The molecule has 1 atom stereocenters. The minimum Gasteiger partial charge on any atom is -0.481 e. The largest absolute Gasteiger partial charge is 0.481 e. The Hall–Kier alpha value is -1.06. The van der Waals surface area contributed by atoms with Crippen molar-refractivity contribution in [3.63, 3.8) is 0 Å². The second kappa shape index (κ2) is 7.09. The van der Waals surface area contributed by atoms with Crippen LogP contribution in [-0.2, 0) is 4.79 Å². The third kappa shape index (κ3) is 4.22. The predicted molar refractivity (Wildman–Crippen MR) is 81.0 cm³/mol. The van der Waals surface area contributed by atoms with E-state index in [4.69, 9.17) is 16.7 Å². The van der Waals surface area contributed by atoms with Crippen molar-refractivity contribution in [3.8, 4) is 0 Å². The molecule has 4 heteroatoms. The Morgan fingerprint density at radius 2 is 1.90 bits per heavy atom. The van der Waals surface area contributed by atoms with E-state index in [2.05, 4.69) is 12.2 Å². The Bertz CT molecular complexity index is 438. The number of hydrogen-bond acceptors (Lipinski definition) is 2. The monoisotopic (exact) mass is 295 g/mol. The summed E-state index contributed by atoms with van der Waals surface area (Å²) in [7, 11) is 0. The van der Waals surface area contributed by atoms with Crippen molar-refractivity contribution < 1.29 is 9.90 Å². The van der Waals surface area contributed by atoms with Crippen LogP contribution in [0.5, 0.6) is 0 Å². The fourth-order valence-corrected chi connectivity index (χ4v) is 2.95. The first-order valence-electron chi connectivity index (χ1n) is 7.28. The van der Waals surface area contributed by atoms with Crippen molar-refractivity contribution in [2.45, 2.75) is 38.6 Å². The molecule has 2 rings (SSSR count). The zero-order valence-corrected chi connectivity index (χ0v) is 12.6. The summed E-state index contributed by atoms with van der Waals surface area (Å²) in [4.78, 5) is 10.9. The molecule has 1 saturated carbocycles. The van der Waals surface area contributed by atoms with Gasteiger partial charge >= 0.3 is 5.97 Å². The van der Waals surface area contributed by atoms with Gasteiger partial charge in [-0.05, 0) is 62.8 Å². The lowest BCUT2D eigenvalue weighted by Crippen LogP contribution is -2.30. The van der Waals surface area contributed by atoms with Crippen LogP contribution in [0.15, 0.2) is 24.3 Å². The Labute approximate surface area is 125 Å². The summed E-state index contributed by atoms with van der Waals surface area (Å²) in [6.45, 7) is 3.10. The summed E-state index contributed by atoms with van der Waals surface area (Å²) in [5, 5.41) is 13.3. The maximum Gasteiger partial charge on any atom is 0.306 e. The lowest BCUT2D eigenvalue weighted by atomic mass is 9.82. The van der Waals surface area contributed by atoms with Gasteiger partial charge in [0.25, 0.3) is 0 Å². The summed E-state index contributed by atoms with van der Waals surface area (Å²) >= 11 is 5.89. The molecular formula is C16H22ClNO2. The molecule has 0 amide bonds. The van der Waals surface area contributed by atoms with Crippen LogP contribution >= 0.6 is 11.6 Å². The van der Waals surface area contributed by atoms with Crippen molar-refractivity contribution in [1.29, 1.82) is 0 Å². The normalized spacial score (nSPS) is 24.3. The maximum absolute atomic E-state index is 10.9. The van der Waals surface area contributed by atoms with Gasteiger partial charge in [0.2, 0.25) is 0 Å². The zero-order valence-electron chi connectivity index (χ0n) is 11.8.